The standard InChI is InChI=1S/C23H27FN4O3/c1-3-30-22(29)23(9-6-10-28(15-23)14-17-13-25-16-27(17)2)12-18-11-21(26-31-18)19-7-4-5-8-20(19)24/h4-5,7-8,11,13,16H,3,6,9-10,12,14-15H2,1-2H3. The van der Waals surface area contributed by atoms with Crippen LogP contribution in [0.4, 0.5) is 4.39 Å². The van der Waals surface area contributed by atoms with Crippen molar-refractivity contribution in [1.82, 2.24) is 19.6 Å². The van der Waals surface area contributed by atoms with E-state index in [4.69, 9.17) is 9.26 Å². The molecule has 0 amide bonds. The topological polar surface area (TPSA) is 73.4 Å². The smallest absolute Gasteiger partial charge is 0.313 e. The van der Waals surface area contributed by atoms with Crippen LogP contribution in [0.1, 0.15) is 31.2 Å². The van der Waals surface area contributed by atoms with Crippen molar-refractivity contribution < 1.29 is 18.4 Å². The van der Waals surface area contributed by atoms with Gasteiger partial charge in [-0.15, -0.1) is 0 Å². The first-order valence-electron chi connectivity index (χ1n) is 10.6. The predicted octanol–water partition coefficient (Wildman–Crippen LogP) is 3.60. The summed E-state index contributed by atoms with van der Waals surface area (Å²) in [5, 5.41) is 4.05. The van der Waals surface area contributed by atoms with Crippen molar-refractivity contribution in [3.63, 3.8) is 0 Å². The van der Waals surface area contributed by atoms with E-state index in [9.17, 15) is 9.18 Å². The molecule has 0 radical (unpaired) electrons. The van der Waals surface area contributed by atoms with Gasteiger partial charge in [0.15, 0.2) is 0 Å². The largest absolute Gasteiger partial charge is 0.466 e. The molecule has 1 saturated heterocycles. The number of imidazole rings is 1. The maximum absolute atomic E-state index is 14.1. The summed E-state index contributed by atoms with van der Waals surface area (Å²) in [5.41, 5.74) is 1.15. The molecule has 0 spiro atoms. The first-order valence-corrected chi connectivity index (χ1v) is 10.6. The Hall–Kier alpha value is -3.00. The number of ether oxygens (including phenoxy) is 1. The second kappa shape index (κ2) is 9.01. The van der Waals surface area contributed by atoms with Crippen molar-refractivity contribution in [1.29, 1.82) is 0 Å². The summed E-state index contributed by atoms with van der Waals surface area (Å²) in [6.07, 6.45) is 5.54. The molecule has 1 aliphatic rings. The second-order valence-corrected chi connectivity index (χ2v) is 8.15. The van der Waals surface area contributed by atoms with E-state index in [1.807, 2.05) is 24.7 Å². The Balaban J connectivity index is 1.57. The zero-order chi connectivity index (χ0) is 21.8. The van der Waals surface area contributed by atoms with Gasteiger partial charge in [0.2, 0.25) is 0 Å². The van der Waals surface area contributed by atoms with E-state index < -0.39 is 5.41 Å². The molecule has 3 heterocycles. The maximum atomic E-state index is 14.1. The Morgan fingerprint density at radius 2 is 2.19 bits per heavy atom. The zero-order valence-corrected chi connectivity index (χ0v) is 17.9. The van der Waals surface area contributed by atoms with Crippen LogP contribution in [0, 0.1) is 11.2 Å². The Morgan fingerprint density at radius 1 is 1.35 bits per heavy atom. The summed E-state index contributed by atoms with van der Waals surface area (Å²) in [7, 11) is 1.96. The van der Waals surface area contributed by atoms with Crippen molar-refractivity contribution in [3.8, 4) is 11.3 Å². The van der Waals surface area contributed by atoms with Crippen LogP contribution in [-0.4, -0.2) is 45.3 Å². The maximum Gasteiger partial charge on any atom is 0.313 e. The van der Waals surface area contributed by atoms with Gasteiger partial charge in [-0.25, -0.2) is 9.37 Å². The summed E-state index contributed by atoms with van der Waals surface area (Å²) >= 11 is 0. The number of benzene rings is 1. The summed E-state index contributed by atoms with van der Waals surface area (Å²) in [6, 6.07) is 8.16. The quantitative estimate of drug-likeness (QED) is 0.538. The fourth-order valence-corrected chi connectivity index (χ4v) is 4.32. The minimum atomic E-state index is -0.737. The molecule has 1 aromatic carbocycles. The summed E-state index contributed by atoms with van der Waals surface area (Å²) in [4.78, 5) is 19.5. The molecule has 164 valence electrons. The molecule has 1 aliphatic heterocycles. The first-order chi connectivity index (χ1) is 15.0. The number of hydrogen-bond acceptors (Lipinski definition) is 6. The van der Waals surface area contributed by atoms with Crippen LogP contribution in [0.25, 0.3) is 11.3 Å². The molecule has 0 aliphatic carbocycles. The van der Waals surface area contributed by atoms with E-state index in [1.165, 1.54) is 6.07 Å². The molecule has 2 aromatic heterocycles. The highest BCUT2D eigenvalue weighted by Crippen LogP contribution is 2.37. The van der Waals surface area contributed by atoms with Crippen molar-refractivity contribution in [2.45, 2.75) is 32.7 Å². The molecule has 7 nitrogen and oxygen atoms in total. The number of carbonyl (C=O) groups excluding carboxylic acids is 1. The van der Waals surface area contributed by atoms with Crippen LogP contribution in [0.3, 0.4) is 0 Å². The molecule has 8 heteroatoms. The Bertz CT molecular complexity index is 1050. The van der Waals surface area contributed by atoms with Crippen LogP contribution < -0.4 is 0 Å². The SMILES string of the molecule is CCOC(=O)C1(Cc2cc(-c3ccccc3F)no2)CCCN(Cc2cncn2C)C1. The Labute approximate surface area is 180 Å². The van der Waals surface area contributed by atoms with Gasteiger partial charge in [-0.3, -0.25) is 9.69 Å². The zero-order valence-electron chi connectivity index (χ0n) is 17.9. The molecule has 4 rings (SSSR count). The molecular formula is C23H27FN4O3. The fourth-order valence-electron chi connectivity index (χ4n) is 4.32. The average molecular weight is 426 g/mol. The van der Waals surface area contributed by atoms with E-state index in [-0.39, 0.29) is 11.8 Å². The van der Waals surface area contributed by atoms with E-state index in [0.717, 1.165) is 18.7 Å². The van der Waals surface area contributed by atoms with Crippen LogP contribution in [-0.2, 0) is 29.5 Å². The molecule has 0 N–H and O–H groups in total. The Morgan fingerprint density at radius 3 is 2.94 bits per heavy atom. The predicted molar refractivity (Wildman–Crippen MR) is 112 cm³/mol. The average Bonchev–Trinajstić information content (AvgIpc) is 3.38. The molecule has 0 bridgehead atoms. The first kappa shape index (κ1) is 21.2. The van der Waals surface area contributed by atoms with Crippen LogP contribution in [0.2, 0.25) is 0 Å². The fraction of sp³-hybridized carbons (Fsp3) is 0.435. The number of likely N-dealkylation sites (tertiary alicyclic amines) is 1. The third-order valence-corrected chi connectivity index (χ3v) is 5.89. The lowest BCUT2D eigenvalue weighted by molar-refractivity contribution is -0.159. The number of aryl methyl sites for hydroxylation is 1. The highest BCUT2D eigenvalue weighted by Gasteiger charge is 2.44. The highest BCUT2D eigenvalue weighted by atomic mass is 19.1. The van der Waals surface area contributed by atoms with Gasteiger partial charge < -0.3 is 13.8 Å². The van der Waals surface area contributed by atoms with Gasteiger partial charge in [0.25, 0.3) is 0 Å². The Kier molecular flexibility index (Phi) is 6.18. The van der Waals surface area contributed by atoms with Crippen molar-refractivity contribution in [3.05, 3.63) is 60.1 Å². The summed E-state index contributed by atoms with van der Waals surface area (Å²) < 4.78 is 27.1. The lowest BCUT2D eigenvalue weighted by Crippen LogP contribution is -2.49. The monoisotopic (exact) mass is 426 g/mol. The van der Waals surface area contributed by atoms with E-state index in [0.29, 0.717) is 49.6 Å². The number of hydrogen-bond donors (Lipinski definition) is 0. The van der Waals surface area contributed by atoms with Gasteiger partial charge in [-0.05, 0) is 38.4 Å². The van der Waals surface area contributed by atoms with E-state index >= 15 is 0 Å². The molecule has 1 fully saturated rings. The third-order valence-electron chi connectivity index (χ3n) is 5.89. The van der Waals surface area contributed by atoms with Gasteiger partial charge in [-0.2, -0.15) is 0 Å². The molecule has 0 saturated carbocycles. The molecular weight excluding hydrogens is 399 g/mol. The number of nitrogens with zero attached hydrogens (tertiary/aromatic N) is 4. The van der Waals surface area contributed by atoms with Crippen LogP contribution in [0.5, 0.6) is 0 Å². The molecule has 1 unspecified atom stereocenters. The lowest BCUT2D eigenvalue weighted by Gasteiger charge is -2.40. The molecule has 3 aromatic rings. The van der Waals surface area contributed by atoms with E-state index in [2.05, 4.69) is 15.0 Å². The number of halogens is 1. The van der Waals surface area contributed by atoms with Gasteiger partial charge in [0.1, 0.15) is 17.3 Å². The van der Waals surface area contributed by atoms with E-state index in [1.54, 1.807) is 30.6 Å². The van der Waals surface area contributed by atoms with Gasteiger partial charge in [0.05, 0.1) is 24.0 Å². The van der Waals surface area contributed by atoms with Gasteiger partial charge in [0, 0.05) is 44.4 Å². The number of carbonyl (C=O) groups is 1. The van der Waals surface area contributed by atoms with Crippen LogP contribution in [0.15, 0.2) is 47.4 Å². The van der Waals surface area contributed by atoms with Gasteiger partial charge in [-0.1, -0.05) is 17.3 Å². The highest BCUT2D eigenvalue weighted by molar-refractivity contribution is 5.77. The lowest BCUT2D eigenvalue weighted by atomic mass is 9.76. The van der Waals surface area contributed by atoms with Crippen molar-refractivity contribution in [2.75, 3.05) is 19.7 Å². The van der Waals surface area contributed by atoms with Gasteiger partial charge >= 0.3 is 5.97 Å². The minimum absolute atomic E-state index is 0.228. The molecule has 1 atom stereocenters. The molecule has 31 heavy (non-hydrogen) atoms. The number of esters is 1. The summed E-state index contributed by atoms with van der Waals surface area (Å²) in [6.45, 7) is 4.27. The third kappa shape index (κ3) is 4.54. The second-order valence-electron chi connectivity index (χ2n) is 8.15. The number of aromatic nitrogens is 3. The number of piperidine rings is 1. The number of rotatable bonds is 7. The van der Waals surface area contributed by atoms with Crippen LogP contribution >= 0.6 is 0 Å². The minimum Gasteiger partial charge on any atom is -0.466 e. The van der Waals surface area contributed by atoms with Crippen molar-refractivity contribution in [2.24, 2.45) is 12.5 Å². The normalized spacial score (nSPS) is 19.5. The van der Waals surface area contributed by atoms with Crippen molar-refractivity contribution >= 4 is 5.97 Å². The summed E-state index contributed by atoms with van der Waals surface area (Å²) in [5.74, 6) is -0.0373.